The lowest BCUT2D eigenvalue weighted by atomic mass is 9.88. The minimum atomic E-state index is -1.22. The Bertz CT molecular complexity index is 1620. The first-order valence-corrected chi connectivity index (χ1v) is 14.4. The summed E-state index contributed by atoms with van der Waals surface area (Å²) in [6, 6.07) is 14.1. The molecule has 248 valence electrons. The van der Waals surface area contributed by atoms with Crippen molar-refractivity contribution < 1.29 is 43.0 Å². The molecule has 3 amide bonds. The normalized spacial score (nSPS) is 11.2. The number of rotatable bonds is 13. The van der Waals surface area contributed by atoms with Crippen molar-refractivity contribution in [2.45, 2.75) is 34.1 Å². The van der Waals surface area contributed by atoms with Crippen LogP contribution in [0.4, 0.5) is 48.5 Å². The van der Waals surface area contributed by atoms with Crippen LogP contribution in [0.1, 0.15) is 30.0 Å². The number of hydrogen-bond acceptors (Lipinski definition) is 12. The van der Waals surface area contributed by atoms with Gasteiger partial charge in [-0.15, -0.1) is 0 Å². The summed E-state index contributed by atoms with van der Waals surface area (Å²) in [5, 5.41) is 7.61. The van der Waals surface area contributed by atoms with Crippen molar-refractivity contribution in [3.63, 3.8) is 0 Å². The number of anilines is 3. The quantitative estimate of drug-likeness (QED) is 0.0987. The Morgan fingerprint density at radius 3 is 1.12 bits per heavy atom. The highest BCUT2D eigenvalue weighted by atomic mass is 16.6. The second kappa shape index (κ2) is 17.3. The molecule has 3 rings (SSSR count). The highest BCUT2D eigenvalue weighted by Gasteiger charge is 2.34. The summed E-state index contributed by atoms with van der Waals surface area (Å²) in [5.41, 5.74) is 2.64. The number of aryl methyl sites for hydroxylation is 3. The molecule has 3 N–H and O–H groups in total. The zero-order valence-corrected chi connectivity index (χ0v) is 26.5. The van der Waals surface area contributed by atoms with Gasteiger partial charge in [0.05, 0.1) is 22.5 Å². The number of amides is 3. The van der Waals surface area contributed by atoms with Crippen LogP contribution in [0.15, 0.2) is 69.6 Å². The second-order valence-corrected chi connectivity index (χ2v) is 10.6. The molecular weight excluding hydrogens is 624 g/mol. The highest BCUT2D eigenvalue weighted by molar-refractivity contribution is 5.87. The molecule has 0 saturated heterocycles. The Morgan fingerprint density at radius 2 is 0.875 bits per heavy atom. The third-order valence-electron chi connectivity index (χ3n) is 7.14. The predicted molar refractivity (Wildman–Crippen MR) is 175 cm³/mol. The maximum Gasteiger partial charge on any atom is 0.411 e. The minimum Gasteiger partial charge on any atom is -0.448 e. The number of isocyanates is 3. The number of nitrogens with zero attached hydrogens (tertiary/aromatic N) is 3. The molecule has 0 spiro atoms. The minimum absolute atomic E-state index is 0.217. The summed E-state index contributed by atoms with van der Waals surface area (Å²) in [6.07, 6.45) is 1.95. The van der Waals surface area contributed by atoms with Gasteiger partial charge in [-0.2, -0.15) is 15.0 Å². The molecular formula is C33H32N6O9. The molecule has 3 aromatic rings. The van der Waals surface area contributed by atoms with Gasteiger partial charge in [0.2, 0.25) is 18.2 Å². The maximum absolute atomic E-state index is 12.8. The highest BCUT2D eigenvalue weighted by Crippen LogP contribution is 2.28. The Labute approximate surface area is 275 Å². The summed E-state index contributed by atoms with van der Waals surface area (Å²) >= 11 is 0. The lowest BCUT2D eigenvalue weighted by Gasteiger charge is -2.31. The van der Waals surface area contributed by atoms with Gasteiger partial charge < -0.3 is 14.2 Å². The van der Waals surface area contributed by atoms with Crippen LogP contribution in [0.2, 0.25) is 0 Å². The molecule has 0 atom stereocenters. The van der Waals surface area contributed by atoms with Crippen LogP contribution in [0.5, 0.6) is 0 Å². The monoisotopic (exact) mass is 656 g/mol. The Balaban J connectivity index is 1.74. The second-order valence-electron chi connectivity index (χ2n) is 10.6. The molecule has 0 unspecified atom stereocenters. The van der Waals surface area contributed by atoms with Crippen LogP contribution in [-0.2, 0) is 28.6 Å². The summed E-state index contributed by atoms with van der Waals surface area (Å²) in [6.45, 7) is 5.85. The Morgan fingerprint density at radius 1 is 0.583 bits per heavy atom. The van der Waals surface area contributed by atoms with E-state index in [9.17, 15) is 28.8 Å². The van der Waals surface area contributed by atoms with Gasteiger partial charge in [-0.05, 0) is 80.3 Å². The van der Waals surface area contributed by atoms with Crippen LogP contribution < -0.4 is 16.0 Å². The maximum atomic E-state index is 12.8. The van der Waals surface area contributed by atoms with Crippen molar-refractivity contribution in [2.24, 2.45) is 20.4 Å². The van der Waals surface area contributed by atoms with E-state index in [2.05, 4.69) is 30.9 Å². The van der Waals surface area contributed by atoms with Gasteiger partial charge in [0, 0.05) is 17.1 Å². The molecule has 15 nitrogen and oxygen atoms in total. The fourth-order valence-corrected chi connectivity index (χ4v) is 4.12. The third-order valence-corrected chi connectivity index (χ3v) is 7.14. The molecule has 0 aromatic heterocycles. The van der Waals surface area contributed by atoms with Gasteiger partial charge in [-0.3, -0.25) is 16.0 Å². The van der Waals surface area contributed by atoms with E-state index in [1.165, 1.54) is 36.4 Å². The zero-order chi connectivity index (χ0) is 35.1. The standard InChI is InChI=1S/C33H32N6O9/c1-5-33(15-46-30(43)37-24-9-6-21(2)27(12-24)34-18-40,16-47-31(44)38-25-10-7-22(3)28(13-25)35-19-41)17-48-32(45)39-26-11-8-23(4)29(14-26)36-20-42/h6-14H,5,15-17H2,1-4H3,(H,37,43)(H,38,44)(H,39,45). The molecule has 0 aliphatic rings. The largest absolute Gasteiger partial charge is 0.448 e. The molecule has 3 aromatic carbocycles. The average Bonchev–Trinajstić information content (AvgIpc) is 3.06. The lowest BCUT2D eigenvalue weighted by molar-refractivity contribution is -0.0104. The number of aliphatic imine (C=N–C) groups is 3. The van der Waals surface area contributed by atoms with Crippen LogP contribution in [0.25, 0.3) is 0 Å². The van der Waals surface area contributed by atoms with Crippen molar-refractivity contribution in [3.05, 3.63) is 71.3 Å². The summed E-state index contributed by atoms with van der Waals surface area (Å²) in [7, 11) is 0. The van der Waals surface area contributed by atoms with E-state index in [0.717, 1.165) is 0 Å². The smallest absolute Gasteiger partial charge is 0.411 e. The Kier molecular flexibility index (Phi) is 13.0. The summed E-state index contributed by atoms with van der Waals surface area (Å²) < 4.78 is 16.4. The number of ether oxygens (including phenoxy) is 3. The van der Waals surface area contributed by atoms with Gasteiger partial charge in [0.1, 0.15) is 19.8 Å². The molecule has 0 heterocycles. The molecule has 0 fully saturated rings. The van der Waals surface area contributed by atoms with Gasteiger partial charge >= 0.3 is 18.3 Å². The number of carbonyl (C=O) groups excluding carboxylic acids is 6. The van der Waals surface area contributed by atoms with Crippen molar-refractivity contribution in [1.82, 2.24) is 0 Å². The van der Waals surface area contributed by atoms with E-state index in [1.54, 1.807) is 64.1 Å². The van der Waals surface area contributed by atoms with Crippen LogP contribution in [-0.4, -0.2) is 56.3 Å². The van der Waals surface area contributed by atoms with E-state index in [0.29, 0.717) is 50.8 Å². The molecule has 15 heteroatoms. The van der Waals surface area contributed by atoms with E-state index >= 15 is 0 Å². The van der Waals surface area contributed by atoms with Crippen molar-refractivity contribution in [2.75, 3.05) is 35.8 Å². The van der Waals surface area contributed by atoms with Gasteiger partial charge in [-0.25, -0.2) is 28.8 Å². The number of benzene rings is 3. The van der Waals surface area contributed by atoms with Crippen LogP contribution >= 0.6 is 0 Å². The van der Waals surface area contributed by atoms with E-state index in [4.69, 9.17) is 14.2 Å². The van der Waals surface area contributed by atoms with E-state index in [1.807, 2.05) is 0 Å². The fourth-order valence-electron chi connectivity index (χ4n) is 4.12. The van der Waals surface area contributed by atoms with Crippen molar-refractivity contribution >= 4 is 70.6 Å². The first-order valence-electron chi connectivity index (χ1n) is 14.4. The number of carbonyl (C=O) groups is 3. The zero-order valence-electron chi connectivity index (χ0n) is 26.5. The van der Waals surface area contributed by atoms with E-state index < -0.39 is 23.7 Å². The van der Waals surface area contributed by atoms with Crippen LogP contribution in [0.3, 0.4) is 0 Å². The van der Waals surface area contributed by atoms with E-state index in [-0.39, 0.29) is 26.2 Å². The van der Waals surface area contributed by atoms with Crippen LogP contribution in [0, 0.1) is 26.2 Å². The van der Waals surface area contributed by atoms with Gasteiger partial charge in [-0.1, -0.05) is 25.1 Å². The predicted octanol–water partition coefficient (Wildman–Crippen LogP) is 6.96. The van der Waals surface area contributed by atoms with Gasteiger partial charge in [0.25, 0.3) is 0 Å². The molecule has 0 bridgehead atoms. The molecule has 0 aliphatic heterocycles. The topological polar surface area (TPSA) is 203 Å². The number of hydrogen-bond donors (Lipinski definition) is 3. The third kappa shape index (κ3) is 10.6. The molecule has 48 heavy (non-hydrogen) atoms. The fraction of sp³-hybridized carbons (Fsp3) is 0.273. The summed E-state index contributed by atoms with van der Waals surface area (Å²) in [5.74, 6) is 0. The van der Waals surface area contributed by atoms with Crippen molar-refractivity contribution in [3.8, 4) is 0 Å². The SMILES string of the molecule is CCC(COC(=O)Nc1ccc(C)c(N=C=O)c1)(COC(=O)Nc1ccc(C)c(N=C=O)c1)COC(=O)Nc1ccc(C)c(N=C=O)c1. The van der Waals surface area contributed by atoms with Crippen molar-refractivity contribution in [1.29, 1.82) is 0 Å². The Hall–Kier alpha value is -6.39. The summed E-state index contributed by atoms with van der Waals surface area (Å²) in [4.78, 5) is 81.2. The molecule has 0 radical (unpaired) electrons. The molecule has 0 saturated carbocycles. The first kappa shape index (κ1) is 36.1. The first-order chi connectivity index (χ1) is 23.0. The average molecular weight is 657 g/mol. The lowest BCUT2D eigenvalue weighted by Crippen LogP contribution is -2.40. The van der Waals surface area contributed by atoms with Gasteiger partial charge in [0.15, 0.2) is 0 Å². The number of nitrogens with one attached hydrogen (secondary N) is 3. The molecule has 0 aliphatic carbocycles.